The Labute approximate surface area is 184 Å². The fourth-order valence-corrected chi connectivity index (χ4v) is 7.37. The van der Waals surface area contributed by atoms with Crippen molar-refractivity contribution >= 4 is 44.8 Å². The van der Waals surface area contributed by atoms with E-state index < -0.39 is 21.5 Å². The van der Waals surface area contributed by atoms with E-state index in [4.69, 9.17) is 11.6 Å². The lowest BCUT2D eigenvalue weighted by atomic mass is 9.77. The second-order valence-corrected chi connectivity index (χ2v) is 11.9. The van der Waals surface area contributed by atoms with Crippen molar-refractivity contribution in [2.75, 3.05) is 13.1 Å². The van der Waals surface area contributed by atoms with E-state index in [-0.39, 0.29) is 35.2 Å². The van der Waals surface area contributed by atoms with E-state index in [1.165, 1.54) is 16.4 Å². The SMILES string of the molecule is CC(C)NC(=O)[C@@H]1CN(S(=O)(=O)c2ccc(Cl)s2)C[C@]12Cc1ccccc1C(=O)N2. The highest BCUT2D eigenvalue weighted by Gasteiger charge is 2.56. The Morgan fingerprint density at radius 1 is 1.30 bits per heavy atom. The molecule has 1 spiro atoms. The van der Waals surface area contributed by atoms with Crippen LogP contribution in [0.4, 0.5) is 0 Å². The Morgan fingerprint density at radius 2 is 2.03 bits per heavy atom. The molecule has 0 bridgehead atoms. The molecule has 7 nitrogen and oxygen atoms in total. The summed E-state index contributed by atoms with van der Waals surface area (Å²) in [5.74, 6) is -1.29. The van der Waals surface area contributed by atoms with Crippen LogP contribution in [0.3, 0.4) is 0 Å². The van der Waals surface area contributed by atoms with Crippen LogP contribution in [0, 0.1) is 5.92 Å². The first-order valence-electron chi connectivity index (χ1n) is 9.59. The van der Waals surface area contributed by atoms with Gasteiger partial charge in [-0.2, -0.15) is 4.31 Å². The monoisotopic (exact) mass is 467 g/mol. The molecule has 2 atom stereocenters. The Morgan fingerprint density at radius 3 is 2.70 bits per heavy atom. The second-order valence-electron chi connectivity index (χ2n) is 8.02. The van der Waals surface area contributed by atoms with Gasteiger partial charge in [0.15, 0.2) is 0 Å². The Hall–Kier alpha value is -1.94. The minimum atomic E-state index is -3.85. The van der Waals surface area contributed by atoms with Crippen molar-refractivity contribution in [3.63, 3.8) is 0 Å². The highest BCUT2D eigenvalue weighted by molar-refractivity contribution is 7.91. The molecule has 1 aromatic carbocycles. The van der Waals surface area contributed by atoms with Crippen LogP contribution in [0.1, 0.15) is 29.8 Å². The quantitative estimate of drug-likeness (QED) is 0.721. The number of fused-ring (bicyclic) bond motifs is 1. The molecule has 160 valence electrons. The molecule has 1 fully saturated rings. The van der Waals surface area contributed by atoms with Crippen LogP contribution in [0.15, 0.2) is 40.6 Å². The van der Waals surface area contributed by atoms with Gasteiger partial charge in [0.25, 0.3) is 15.9 Å². The van der Waals surface area contributed by atoms with E-state index in [2.05, 4.69) is 10.6 Å². The zero-order chi connectivity index (χ0) is 21.7. The average molecular weight is 468 g/mol. The zero-order valence-electron chi connectivity index (χ0n) is 16.5. The van der Waals surface area contributed by atoms with Crippen LogP contribution in [-0.4, -0.2) is 49.2 Å². The molecule has 30 heavy (non-hydrogen) atoms. The molecule has 2 amide bonds. The third-order valence-corrected chi connectivity index (χ3v) is 9.04. The molecule has 4 rings (SSSR count). The maximum absolute atomic E-state index is 13.2. The van der Waals surface area contributed by atoms with Gasteiger partial charge in [-0.05, 0) is 44.0 Å². The van der Waals surface area contributed by atoms with Gasteiger partial charge in [-0.25, -0.2) is 8.42 Å². The van der Waals surface area contributed by atoms with Crippen LogP contribution >= 0.6 is 22.9 Å². The fourth-order valence-electron chi connectivity index (χ4n) is 4.21. The maximum Gasteiger partial charge on any atom is 0.252 e. The molecule has 1 saturated heterocycles. The predicted molar refractivity (Wildman–Crippen MR) is 115 cm³/mol. The van der Waals surface area contributed by atoms with E-state index in [0.29, 0.717) is 16.3 Å². The standard InChI is InChI=1S/C20H22ClN3O4S2/c1-12(2)22-19(26)15-10-24(30(27,28)17-8-7-16(21)29-17)11-20(15)9-13-5-3-4-6-14(13)18(25)23-20/h3-8,12,15H,9-11H2,1-2H3,(H,22,26)(H,23,25)/t15-,20+/m0/s1. The molecule has 10 heteroatoms. The van der Waals surface area contributed by atoms with Crippen molar-refractivity contribution < 1.29 is 18.0 Å². The van der Waals surface area contributed by atoms with E-state index in [1.54, 1.807) is 12.1 Å². The average Bonchev–Trinajstić information content (AvgIpc) is 3.26. The molecule has 1 aromatic heterocycles. The van der Waals surface area contributed by atoms with Crippen LogP contribution in [0.25, 0.3) is 0 Å². The van der Waals surface area contributed by atoms with E-state index in [1.807, 2.05) is 26.0 Å². The van der Waals surface area contributed by atoms with Gasteiger partial charge in [0.05, 0.1) is 15.8 Å². The largest absolute Gasteiger partial charge is 0.354 e. The summed E-state index contributed by atoms with van der Waals surface area (Å²) in [6.07, 6.45) is 0.377. The van der Waals surface area contributed by atoms with Gasteiger partial charge < -0.3 is 10.6 Å². The van der Waals surface area contributed by atoms with Crippen molar-refractivity contribution in [2.24, 2.45) is 5.92 Å². The van der Waals surface area contributed by atoms with Crippen LogP contribution < -0.4 is 10.6 Å². The number of rotatable bonds is 4. The molecule has 2 aliphatic rings. The van der Waals surface area contributed by atoms with Gasteiger partial charge in [0, 0.05) is 24.7 Å². The summed E-state index contributed by atoms with van der Waals surface area (Å²) in [5, 5.41) is 5.86. The minimum absolute atomic E-state index is 0.0150. The molecule has 3 heterocycles. The normalized spacial score (nSPS) is 24.1. The molecular formula is C20H22ClN3O4S2. The number of halogens is 1. The topological polar surface area (TPSA) is 95.6 Å². The highest BCUT2D eigenvalue weighted by Crippen LogP contribution is 2.39. The lowest BCUT2D eigenvalue weighted by molar-refractivity contribution is -0.126. The van der Waals surface area contributed by atoms with Crippen molar-refractivity contribution in [1.82, 2.24) is 14.9 Å². The first kappa shape index (κ1) is 21.3. The van der Waals surface area contributed by atoms with E-state index in [0.717, 1.165) is 16.9 Å². The highest BCUT2D eigenvalue weighted by atomic mass is 35.5. The summed E-state index contributed by atoms with van der Waals surface area (Å²) in [7, 11) is -3.85. The van der Waals surface area contributed by atoms with Gasteiger partial charge in [0.1, 0.15) is 4.21 Å². The summed E-state index contributed by atoms with van der Waals surface area (Å²) in [6.45, 7) is 3.69. The number of benzene rings is 1. The van der Waals surface area contributed by atoms with E-state index in [9.17, 15) is 18.0 Å². The van der Waals surface area contributed by atoms with Crippen LogP contribution in [-0.2, 0) is 21.2 Å². The fraction of sp³-hybridized carbons (Fsp3) is 0.400. The second kappa shape index (κ2) is 7.64. The minimum Gasteiger partial charge on any atom is -0.354 e. The molecule has 0 unspecified atom stereocenters. The summed E-state index contributed by atoms with van der Waals surface area (Å²) < 4.78 is 28.2. The lowest BCUT2D eigenvalue weighted by Crippen LogP contribution is -2.62. The Balaban J connectivity index is 1.74. The number of thiophene rings is 1. The molecule has 0 radical (unpaired) electrons. The van der Waals surface area contributed by atoms with Gasteiger partial charge in [-0.15, -0.1) is 11.3 Å². The zero-order valence-corrected chi connectivity index (χ0v) is 18.9. The van der Waals surface area contributed by atoms with Crippen molar-refractivity contribution in [3.8, 4) is 0 Å². The molecule has 2 N–H and O–H groups in total. The smallest absolute Gasteiger partial charge is 0.252 e. The molecule has 0 saturated carbocycles. The van der Waals surface area contributed by atoms with Gasteiger partial charge >= 0.3 is 0 Å². The van der Waals surface area contributed by atoms with Crippen molar-refractivity contribution in [1.29, 1.82) is 0 Å². The summed E-state index contributed by atoms with van der Waals surface area (Å²) >= 11 is 6.92. The number of carbonyl (C=O) groups excluding carboxylic acids is 2. The molecular weight excluding hydrogens is 446 g/mol. The summed E-state index contributed by atoms with van der Waals surface area (Å²) in [4.78, 5) is 25.9. The number of hydrogen-bond donors (Lipinski definition) is 2. The number of nitrogens with zero attached hydrogens (tertiary/aromatic N) is 1. The first-order valence-corrected chi connectivity index (χ1v) is 12.2. The van der Waals surface area contributed by atoms with Crippen LogP contribution in [0.2, 0.25) is 4.34 Å². The summed E-state index contributed by atoms with van der Waals surface area (Å²) in [5.41, 5.74) is 0.345. The molecule has 0 aliphatic carbocycles. The number of carbonyl (C=O) groups is 2. The van der Waals surface area contributed by atoms with E-state index >= 15 is 0 Å². The number of amides is 2. The lowest BCUT2D eigenvalue weighted by Gasteiger charge is -2.39. The third kappa shape index (κ3) is 3.64. The maximum atomic E-state index is 13.2. The number of sulfonamides is 1. The molecule has 2 aliphatic heterocycles. The van der Waals surface area contributed by atoms with Crippen LogP contribution in [0.5, 0.6) is 0 Å². The first-order chi connectivity index (χ1) is 14.1. The Kier molecular flexibility index (Phi) is 5.42. The van der Waals surface area contributed by atoms with Crippen molar-refractivity contribution in [3.05, 3.63) is 51.9 Å². The number of nitrogens with one attached hydrogen (secondary N) is 2. The predicted octanol–water partition coefficient (Wildman–Crippen LogP) is 2.27. The Bertz CT molecular complexity index is 1110. The summed E-state index contributed by atoms with van der Waals surface area (Å²) in [6, 6.07) is 10.1. The molecule has 2 aromatic rings. The van der Waals surface area contributed by atoms with Gasteiger partial charge in [-0.1, -0.05) is 29.8 Å². The van der Waals surface area contributed by atoms with Crippen molar-refractivity contribution in [2.45, 2.75) is 36.1 Å². The number of hydrogen-bond acceptors (Lipinski definition) is 5. The third-order valence-electron chi connectivity index (χ3n) is 5.53. The van der Waals surface area contributed by atoms with Gasteiger partial charge in [-0.3, -0.25) is 9.59 Å². The van der Waals surface area contributed by atoms with Gasteiger partial charge in [0.2, 0.25) is 5.91 Å².